The van der Waals surface area contributed by atoms with Crippen LogP contribution in [0.3, 0.4) is 0 Å². The number of nitrogens with zero attached hydrogens (tertiary/aromatic N) is 1. The third-order valence-electron chi connectivity index (χ3n) is 4.07. The first-order chi connectivity index (χ1) is 5.77. The van der Waals surface area contributed by atoms with E-state index in [1.807, 2.05) is 0 Å². The maximum Gasteiger partial charge on any atom is 0.00381 e. The van der Waals surface area contributed by atoms with Crippen LogP contribution in [0.2, 0.25) is 0 Å². The molecule has 0 bridgehead atoms. The predicted octanol–water partition coefficient (Wildman–Crippen LogP) is 2.52. The maximum absolute atomic E-state index is 2.52. The molecule has 1 aliphatic carbocycles. The molecule has 1 saturated carbocycles. The van der Waals surface area contributed by atoms with Crippen molar-refractivity contribution >= 4 is 0 Å². The van der Waals surface area contributed by atoms with Crippen molar-refractivity contribution in [3.8, 4) is 0 Å². The first-order valence-electron chi connectivity index (χ1n) is 5.45. The van der Waals surface area contributed by atoms with Gasteiger partial charge in [-0.15, -0.1) is 0 Å². The van der Waals surface area contributed by atoms with E-state index >= 15 is 0 Å². The molecule has 0 amide bonds. The summed E-state index contributed by atoms with van der Waals surface area (Å²) in [5.41, 5.74) is 0.782. The van der Waals surface area contributed by atoms with E-state index in [1.165, 1.54) is 45.2 Å². The molecule has 2 rings (SSSR count). The van der Waals surface area contributed by atoms with Crippen LogP contribution in [0.5, 0.6) is 0 Å². The van der Waals surface area contributed by atoms with Crippen LogP contribution >= 0.6 is 0 Å². The molecule has 1 nitrogen and oxygen atoms in total. The Hall–Kier alpha value is -0.0400. The van der Waals surface area contributed by atoms with Gasteiger partial charge in [-0.1, -0.05) is 19.8 Å². The number of hydrogen-bond acceptors (Lipinski definition) is 1. The average molecular weight is 167 g/mol. The zero-order valence-corrected chi connectivity index (χ0v) is 8.47. The van der Waals surface area contributed by atoms with Crippen molar-refractivity contribution < 1.29 is 0 Å². The molecule has 1 spiro atoms. The smallest absolute Gasteiger partial charge is 0.00381 e. The number of hydrogen-bond donors (Lipinski definition) is 0. The van der Waals surface area contributed by atoms with Crippen LogP contribution < -0.4 is 0 Å². The highest BCUT2D eigenvalue weighted by Crippen LogP contribution is 2.54. The number of likely N-dealkylation sites (tertiary alicyclic amines) is 1. The van der Waals surface area contributed by atoms with Gasteiger partial charge in [0.25, 0.3) is 0 Å². The Morgan fingerprint density at radius 1 is 1.42 bits per heavy atom. The summed E-state index contributed by atoms with van der Waals surface area (Å²) in [7, 11) is 2.27. The van der Waals surface area contributed by atoms with E-state index in [1.54, 1.807) is 0 Å². The summed E-state index contributed by atoms with van der Waals surface area (Å²) in [5, 5.41) is 0. The second-order valence-electron chi connectivity index (χ2n) is 4.87. The lowest BCUT2D eigenvalue weighted by molar-refractivity contribution is 0.0349. The van der Waals surface area contributed by atoms with Crippen LogP contribution in [0.15, 0.2) is 0 Å². The summed E-state index contributed by atoms with van der Waals surface area (Å²) >= 11 is 0. The molecule has 0 aromatic heterocycles. The van der Waals surface area contributed by atoms with Crippen LogP contribution in [0.1, 0.15) is 39.0 Å². The van der Waals surface area contributed by atoms with Crippen molar-refractivity contribution in [2.75, 3.05) is 20.1 Å². The first-order valence-corrected chi connectivity index (χ1v) is 5.45. The Labute approximate surface area is 76.1 Å². The van der Waals surface area contributed by atoms with Gasteiger partial charge in [-0.3, -0.25) is 0 Å². The molecule has 2 fully saturated rings. The van der Waals surface area contributed by atoms with Gasteiger partial charge in [0.1, 0.15) is 0 Å². The van der Waals surface area contributed by atoms with Gasteiger partial charge >= 0.3 is 0 Å². The minimum Gasteiger partial charge on any atom is -0.306 e. The Bertz CT molecular complexity index is 166. The summed E-state index contributed by atoms with van der Waals surface area (Å²) in [5.74, 6) is 1.08. The highest BCUT2D eigenvalue weighted by Gasteiger charge is 2.48. The van der Waals surface area contributed by atoms with E-state index < -0.39 is 0 Å². The molecule has 0 aromatic carbocycles. The molecule has 2 aliphatic rings. The van der Waals surface area contributed by atoms with Crippen molar-refractivity contribution in [3.05, 3.63) is 0 Å². The van der Waals surface area contributed by atoms with Crippen LogP contribution in [0, 0.1) is 11.3 Å². The van der Waals surface area contributed by atoms with Gasteiger partial charge in [-0.2, -0.15) is 0 Å². The molecule has 1 heterocycles. The summed E-state index contributed by atoms with van der Waals surface area (Å²) in [4.78, 5) is 2.52. The highest BCUT2D eigenvalue weighted by molar-refractivity contribution is 5.00. The second kappa shape index (κ2) is 3.02. The van der Waals surface area contributed by atoms with E-state index in [0.29, 0.717) is 0 Å². The third-order valence-corrected chi connectivity index (χ3v) is 4.07. The highest BCUT2D eigenvalue weighted by atomic mass is 15.1. The Morgan fingerprint density at radius 3 is 2.67 bits per heavy atom. The Balaban J connectivity index is 1.94. The molecule has 1 saturated heterocycles. The van der Waals surface area contributed by atoms with E-state index in [4.69, 9.17) is 0 Å². The van der Waals surface area contributed by atoms with Gasteiger partial charge in [0.15, 0.2) is 0 Å². The fraction of sp³-hybridized carbons (Fsp3) is 1.00. The molecular weight excluding hydrogens is 146 g/mol. The maximum atomic E-state index is 2.52. The third kappa shape index (κ3) is 1.19. The van der Waals surface area contributed by atoms with E-state index in [-0.39, 0.29) is 0 Å². The molecule has 1 heteroatoms. The lowest BCUT2D eigenvalue weighted by Crippen LogP contribution is -2.41. The van der Waals surface area contributed by atoms with Crippen molar-refractivity contribution in [2.24, 2.45) is 11.3 Å². The van der Waals surface area contributed by atoms with E-state index in [2.05, 4.69) is 18.9 Å². The lowest BCUT2D eigenvalue weighted by atomic mass is 9.58. The fourth-order valence-electron chi connectivity index (χ4n) is 3.20. The second-order valence-corrected chi connectivity index (χ2v) is 4.87. The molecule has 2 unspecified atom stereocenters. The molecule has 0 N–H and O–H groups in total. The topological polar surface area (TPSA) is 3.24 Å². The molecule has 70 valence electrons. The molecule has 1 aliphatic heterocycles. The first kappa shape index (κ1) is 8.55. The molecule has 2 atom stereocenters. The standard InChI is InChI=1S/C11H21N/c1-3-4-10-5-6-11(10)7-8-12(2)9-11/h10H,3-9H2,1-2H3. The van der Waals surface area contributed by atoms with Crippen LogP contribution in [0.25, 0.3) is 0 Å². The number of rotatable bonds is 2. The van der Waals surface area contributed by atoms with Crippen molar-refractivity contribution in [1.82, 2.24) is 4.90 Å². The normalized spacial score (nSPS) is 42.0. The molecular formula is C11H21N. The zero-order valence-electron chi connectivity index (χ0n) is 8.47. The van der Waals surface area contributed by atoms with Crippen molar-refractivity contribution in [3.63, 3.8) is 0 Å². The summed E-state index contributed by atoms with van der Waals surface area (Å²) in [6, 6.07) is 0. The van der Waals surface area contributed by atoms with E-state index in [0.717, 1.165) is 11.3 Å². The van der Waals surface area contributed by atoms with Gasteiger partial charge in [0, 0.05) is 6.54 Å². The van der Waals surface area contributed by atoms with E-state index in [9.17, 15) is 0 Å². The molecule has 0 aromatic rings. The molecule has 0 radical (unpaired) electrons. The van der Waals surface area contributed by atoms with Crippen molar-refractivity contribution in [1.29, 1.82) is 0 Å². The largest absolute Gasteiger partial charge is 0.306 e. The summed E-state index contributed by atoms with van der Waals surface area (Å²) in [6.07, 6.45) is 7.38. The van der Waals surface area contributed by atoms with Gasteiger partial charge in [-0.25, -0.2) is 0 Å². The lowest BCUT2D eigenvalue weighted by Gasteiger charge is -2.47. The summed E-state index contributed by atoms with van der Waals surface area (Å²) < 4.78 is 0. The predicted molar refractivity (Wildman–Crippen MR) is 52.2 cm³/mol. The zero-order chi connectivity index (χ0) is 8.60. The fourth-order valence-corrected chi connectivity index (χ4v) is 3.20. The monoisotopic (exact) mass is 167 g/mol. The average Bonchev–Trinajstić information content (AvgIpc) is 2.44. The minimum atomic E-state index is 0.782. The van der Waals surface area contributed by atoms with Crippen LogP contribution in [-0.2, 0) is 0 Å². The van der Waals surface area contributed by atoms with Gasteiger partial charge in [0.2, 0.25) is 0 Å². The van der Waals surface area contributed by atoms with Crippen LogP contribution in [-0.4, -0.2) is 25.0 Å². The van der Waals surface area contributed by atoms with Gasteiger partial charge in [-0.05, 0) is 44.2 Å². The van der Waals surface area contributed by atoms with Gasteiger partial charge in [0.05, 0.1) is 0 Å². The quantitative estimate of drug-likeness (QED) is 0.611. The SMILES string of the molecule is CCCC1CCC12CCN(C)C2. The van der Waals surface area contributed by atoms with Crippen molar-refractivity contribution in [2.45, 2.75) is 39.0 Å². The van der Waals surface area contributed by atoms with Gasteiger partial charge < -0.3 is 4.90 Å². The Morgan fingerprint density at radius 2 is 2.25 bits per heavy atom. The minimum absolute atomic E-state index is 0.782. The summed E-state index contributed by atoms with van der Waals surface area (Å²) in [6.45, 7) is 5.06. The molecule has 12 heavy (non-hydrogen) atoms. The Kier molecular flexibility index (Phi) is 2.16. The van der Waals surface area contributed by atoms with Crippen LogP contribution in [0.4, 0.5) is 0 Å².